The van der Waals surface area contributed by atoms with E-state index < -0.39 is 5.92 Å². The summed E-state index contributed by atoms with van der Waals surface area (Å²) in [5, 5.41) is 6.77. The summed E-state index contributed by atoms with van der Waals surface area (Å²) < 4.78 is 0. The summed E-state index contributed by atoms with van der Waals surface area (Å²) in [4.78, 5) is 18.5. The molecule has 0 spiro atoms. The summed E-state index contributed by atoms with van der Waals surface area (Å²) in [6.07, 6.45) is 0. The fourth-order valence-electron chi connectivity index (χ4n) is 2.04. The minimum absolute atomic E-state index is 0.157. The Balaban J connectivity index is 2.17. The van der Waals surface area contributed by atoms with E-state index in [-0.39, 0.29) is 10.9 Å². The first-order valence-corrected chi connectivity index (χ1v) is 6.87. The van der Waals surface area contributed by atoms with E-state index in [9.17, 15) is 4.79 Å². The zero-order chi connectivity index (χ0) is 15.4. The van der Waals surface area contributed by atoms with E-state index >= 15 is 0 Å². The number of hydrogen-bond donors (Lipinski definition) is 2. The van der Waals surface area contributed by atoms with Crippen LogP contribution in [0.25, 0.3) is 0 Å². The molecule has 1 heterocycles. The quantitative estimate of drug-likeness (QED) is 0.809. The summed E-state index contributed by atoms with van der Waals surface area (Å²) in [6, 6.07) is 9.27. The number of thiocarbonyl (C=S) groups is 1. The van der Waals surface area contributed by atoms with Crippen LogP contribution in [0.5, 0.6) is 0 Å². The molecule has 2 aromatic rings. The predicted molar refractivity (Wildman–Crippen MR) is 83.6 cm³/mol. The number of aryl methyl sites for hydroxylation is 1. The monoisotopic (exact) mass is 303 g/mol. The number of nitrogens with zero attached hydrogens (tertiary/aromatic N) is 3. The molecule has 0 bridgehead atoms. The number of amides is 1. The first kappa shape index (κ1) is 15.1. The maximum Gasteiger partial charge on any atom is 0.237 e. The summed E-state index contributed by atoms with van der Waals surface area (Å²) >= 11 is 5.06. The number of carbonyl (C=O) groups excluding carboxylic acids is 1. The molecule has 0 aliphatic rings. The number of aromatic amines is 1. The lowest BCUT2D eigenvalue weighted by atomic mass is 9.97. The van der Waals surface area contributed by atoms with E-state index in [2.05, 4.69) is 15.2 Å². The molecule has 0 saturated carbocycles. The summed E-state index contributed by atoms with van der Waals surface area (Å²) in [5.41, 5.74) is 6.54. The summed E-state index contributed by atoms with van der Waals surface area (Å²) in [7, 11) is 1.68. The number of rotatable bonds is 5. The van der Waals surface area contributed by atoms with E-state index in [0.29, 0.717) is 18.2 Å². The largest absolute Gasteiger partial charge is 0.392 e. The van der Waals surface area contributed by atoms with Gasteiger partial charge in [-0.3, -0.25) is 9.89 Å². The van der Waals surface area contributed by atoms with Crippen LogP contribution in [-0.2, 0) is 11.3 Å². The van der Waals surface area contributed by atoms with Crippen molar-refractivity contribution >= 4 is 23.1 Å². The molecule has 0 radical (unpaired) electrons. The standard InChI is InChI=1S/C14H17N5OS/c1-9-16-11(18-17-9)8-19(2)14(20)12(13(15)21)10-6-4-3-5-7-10/h3-7,12H,8H2,1-2H3,(H2,15,21)(H,16,17,18). The lowest BCUT2D eigenvalue weighted by Crippen LogP contribution is -2.37. The minimum atomic E-state index is -0.633. The number of likely N-dealkylation sites (N-methyl/N-ethyl adjacent to an activating group) is 1. The molecule has 110 valence electrons. The smallest absolute Gasteiger partial charge is 0.237 e. The molecule has 0 aliphatic heterocycles. The van der Waals surface area contributed by atoms with E-state index in [1.807, 2.05) is 30.3 Å². The normalized spacial score (nSPS) is 11.9. The molecule has 0 fully saturated rings. The Morgan fingerprint density at radius 1 is 1.43 bits per heavy atom. The second-order valence-corrected chi connectivity index (χ2v) is 5.25. The Hall–Kier alpha value is -2.28. The maximum atomic E-state index is 12.6. The number of nitrogens with two attached hydrogens (primary N) is 1. The van der Waals surface area contributed by atoms with Crippen LogP contribution in [0, 0.1) is 6.92 Å². The van der Waals surface area contributed by atoms with Crippen molar-refractivity contribution in [1.29, 1.82) is 0 Å². The molecule has 3 N–H and O–H groups in total. The van der Waals surface area contributed by atoms with E-state index in [1.165, 1.54) is 4.90 Å². The third-order valence-electron chi connectivity index (χ3n) is 3.06. The average molecular weight is 303 g/mol. The molecule has 1 aromatic heterocycles. The van der Waals surface area contributed by atoms with Crippen molar-refractivity contribution in [2.45, 2.75) is 19.4 Å². The molecular weight excluding hydrogens is 286 g/mol. The Morgan fingerprint density at radius 2 is 2.10 bits per heavy atom. The SMILES string of the molecule is Cc1nc(CN(C)C(=O)C(C(N)=S)c2ccccc2)n[nH]1. The fourth-order valence-corrected chi connectivity index (χ4v) is 2.28. The number of benzene rings is 1. The Morgan fingerprint density at radius 3 is 2.62 bits per heavy atom. The van der Waals surface area contributed by atoms with Crippen LogP contribution in [0.3, 0.4) is 0 Å². The van der Waals surface area contributed by atoms with E-state index in [1.54, 1.807) is 14.0 Å². The van der Waals surface area contributed by atoms with Crippen molar-refractivity contribution in [3.63, 3.8) is 0 Å². The molecule has 1 unspecified atom stereocenters. The van der Waals surface area contributed by atoms with E-state index in [0.717, 1.165) is 5.56 Å². The number of aromatic nitrogens is 3. The van der Waals surface area contributed by atoms with Gasteiger partial charge in [0.2, 0.25) is 5.91 Å². The molecule has 0 saturated heterocycles. The molecule has 1 atom stereocenters. The first-order valence-electron chi connectivity index (χ1n) is 6.46. The van der Waals surface area contributed by atoms with Crippen LogP contribution in [0.1, 0.15) is 23.1 Å². The van der Waals surface area contributed by atoms with Gasteiger partial charge < -0.3 is 10.6 Å². The molecule has 0 aliphatic carbocycles. The van der Waals surface area contributed by atoms with Gasteiger partial charge in [-0.25, -0.2) is 4.98 Å². The lowest BCUT2D eigenvalue weighted by molar-refractivity contribution is -0.130. The first-order chi connectivity index (χ1) is 9.99. The molecule has 21 heavy (non-hydrogen) atoms. The highest BCUT2D eigenvalue weighted by molar-refractivity contribution is 7.80. The molecule has 2 rings (SSSR count). The van der Waals surface area contributed by atoms with Crippen LogP contribution < -0.4 is 5.73 Å². The van der Waals surface area contributed by atoms with E-state index in [4.69, 9.17) is 18.0 Å². The highest BCUT2D eigenvalue weighted by atomic mass is 32.1. The summed E-state index contributed by atoms with van der Waals surface area (Å²) in [5.74, 6) is 0.459. The van der Waals surface area contributed by atoms with Gasteiger partial charge in [0.05, 0.1) is 11.5 Å². The number of H-pyrrole nitrogens is 1. The third-order valence-corrected chi connectivity index (χ3v) is 3.30. The summed E-state index contributed by atoms with van der Waals surface area (Å²) in [6.45, 7) is 2.11. The topological polar surface area (TPSA) is 87.9 Å². The maximum absolute atomic E-state index is 12.6. The van der Waals surface area contributed by atoms with Gasteiger partial charge in [0.1, 0.15) is 11.7 Å². The third kappa shape index (κ3) is 3.63. The van der Waals surface area contributed by atoms with Crippen molar-refractivity contribution in [3.05, 3.63) is 47.5 Å². The lowest BCUT2D eigenvalue weighted by Gasteiger charge is -2.22. The van der Waals surface area contributed by atoms with Crippen LogP contribution in [0.4, 0.5) is 0 Å². The highest BCUT2D eigenvalue weighted by Gasteiger charge is 2.27. The van der Waals surface area contributed by atoms with Gasteiger partial charge in [0, 0.05) is 7.05 Å². The second kappa shape index (κ2) is 6.45. The molecule has 1 aromatic carbocycles. The van der Waals surface area contributed by atoms with Gasteiger partial charge in [0.15, 0.2) is 5.82 Å². The van der Waals surface area contributed by atoms with Crippen molar-refractivity contribution in [3.8, 4) is 0 Å². The van der Waals surface area contributed by atoms with Crippen molar-refractivity contribution in [2.75, 3.05) is 7.05 Å². The van der Waals surface area contributed by atoms with Crippen LogP contribution in [-0.4, -0.2) is 38.0 Å². The molecule has 6 nitrogen and oxygen atoms in total. The van der Waals surface area contributed by atoms with Crippen LogP contribution in [0.2, 0.25) is 0 Å². The number of nitrogens with one attached hydrogen (secondary N) is 1. The van der Waals surface area contributed by atoms with Gasteiger partial charge >= 0.3 is 0 Å². The Bertz CT molecular complexity index is 640. The number of hydrogen-bond acceptors (Lipinski definition) is 4. The van der Waals surface area contributed by atoms with Gasteiger partial charge in [-0.1, -0.05) is 42.5 Å². The zero-order valence-electron chi connectivity index (χ0n) is 11.9. The molecule has 1 amide bonds. The average Bonchev–Trinajstić information content (AvgIpc) is 2.85. The number of carbonyl (C=O) groups is 1. The highest BCUT2D eigenvalue weighted by Crippen LogP contribution is 2.19. The van der Waals surface area contributed by atoms with Crippen molar-refractivity contribution in [2.24, 2.45) is 5.73 Å². The Labute approximate surface area is 128 Å². The zero-order valence-corrected chi connectivity index (χ0v) is 12.7. The molecular formula is C14H17N5OS. The van der Waals surface area contributed by atoms with Gasteiger partial charge in [-0.2, -0.15) is 5.10 Å². The van der Waals surface area contributed by atoms with Crippen LogP contribution in [0.15, 0.2) is 30.3 Å². The second-order valence-electron chi connectivity index (χ2n) is 4.78. The molecule has 7 heteroatoms. The van der Waals surface area contributed by atoms with Gasteiger partial charge in [-0.05, 0) is 12.5 Å². The predicted octanol–water partition coefficient (Wildman–Crippen LogP) is 1.14. The minimum Gasteiger partial charge on any atom is -0.392 e. The van der Waals surface area contributed by atoms with Crippen LogP contribution >= 0.6 is 12.2 Å². The van der Waals surface area contributed by atoms with Crippen molar-refractivity contribution < 1.29 is 4.79 Å². The van der Waals surface area contributed by atoms with Crippen molar-refractivity contribution in [1.82, 2.24) is 20.1 Å². The van der Waals surface area contributed by atoms with Gasteiger partial charge in [-0.15, -0.1) is 0 Å². The fraction of sp³-hybridized carbons (Fsp3) is 0.286. The van der Waals surface area contributed by atoms with Gasteiger partial charge in [0.25, 0.3) is 0 Å². The Kier molecular flexibility index (Phi) is 4.64.